The van der Waals surface area contributed by atoms with Crippen LogP contribution in [0.2, 0.25) is 0 Å². The summed E-state index contributed by atoms with van der Waals surface area (Å²) in [5.74, 6) is 0.835. The summed E-state index contributed by atoms with van der Waals surface area (Å²) in [5, 5.41) is 0. The van der Waals surface area contributed by atoms with Gasteiger partial charge in [-0.05, 0) is 30.4 Å². The first kappa shape index (κ1) is 11.9. The quantitative estimate of drug-likeness (QED) is 0.771. The number of nitrogen functional groups attached to an aromatic ring is 1. The van der Waals surface area contributed by atoms with E-state index in [0.29, 0.717) is 5.41 Å². The summed E-state index contributed by atoms with van der Waals surface area (Å²) in [4.78, 5) is 0. The van der Waals surface area contributed by atoms with Crippen LogP contribution in [0, 0.1) is 12.3 Å². The predicted octanol–water partition coefficient (Wildman–Crippen LogP) is 3.39. The molecule has 0 aliphatic carbocycles. The van der Waals surface area contributed by atoms with Gasteiger partial charge < -0.3 is 10.5 Å². The topological polar surface area (TPSA) is 35.2 Å². The third-order valence-electron chi connectivity index (χ3n) is 2.34. The van der Waals surface area contributed by atoms with Crippen molar-refractivity contribution < 1.29 is 4.74 Å². The van der Waals surface area contributed by atoms with E-state index in [9.17, 15) is 0 Å². The lowest BCUT2D eigenvalue weighted by atomic mass is 9.93. The maximum atomic E-state index is 5.85. The second-order valence-corrected chi connectivity index (χ2v) is 5.15. The third-order valence-corrected chi connectivity index (χ3v) is 2.34. The van der Waals surface area contributed by atoms with Gasteiger partial charge in [0.1, 0.15) is 5.75 Å². The molecule has 0 fully saturated rings. The average Bonchev–Trinajstić information content (AvgIpc) is 2.08. The highest BCUT2D eigenvalue weighted by atomic mass is 16.5. The van der Waals surface area contributed by atoms with Crippen LogP contribution in [0.15, 0.2) is 18.2 Å². The van der Waals surface area contributed by atoms with Gasteiger partial charge in [-0.25, -0.2) is 0 Å². The van der Waals surface area contributed by atoms with E-state index in [2.05, 4.69) is 20.8 Å². The number of nitrogens with two attached hydrogens (primary N) is 1. The van der Waals surface area contributed by atoms with Crippen LogP contribution >= 0.6 is 0 Å². The lowest BCUT2D eigenvalue weighted by Crippen LogP contribution is -2.12. The molecule has 0 saturated heterocycles. The van der Waals surface area contributed by atoms with Crippen LogP contribution in [0.25, 0.3) is 0 Å². The maximum Gasteiger partial charge on any atom is 0.145 e. The molecule has 0 amide bonds. The lowest BCUT2D eigenvalue weighted by molar-refractivity contribution is 0.243. The van der Waals surface area contributed by atoms with E-state index in [4.69, 9.17) is 10.5 Å². The third kappa shape index (κ3) is 3.82. The molecule has 84 valence electrons. The van der Waals surface area contributed by atoms with E-state index in [0.717, 1.165) is 30.0 Å². The molecule has 0 heterocycles. The van der Waals surface area contributed by atoms with Crippen LogP contribution in [0.4, 0.5) is 5.69 Å². The Balaban J connectivity index is 2.58. The summed E-state index contributed by atoms with van der Waals surface area (Å²) in [6, 6.07) is 5.84. The number of hydrogen-bond acceptors (Lipinski definition) is 2. The average molecular weight is 207 g/mol. The smallest absolute Gasteiger partial charge is 0.145 e. The van der Waals surface area contributed by atoms with E-state index in [1.807, 2.05) is 25.1 Å². The summed E-state index contributed by atoms with van der Waals surface area (Å²) in [6.45, 7) is 9.36. The van der Waals surface area contributed by atoms with Crippen molar-refractivity contribution in [3.63, 3.8) is 0 Å². The van der Waals surface area contributed by atoms with Gasteiger partial charge in [0, 0.05) is 0 Å². The number of anilines is 1. The highest BCUT2D eigenvalue weighted by Crippen LogP contribution is 2.26. The Labute approximate surface area is 92.4 Å². The molecule has 0 radical (unpaired) electrons. The van der Waals surface area contributed by atoms with Crippen molar-refractivity contribution in [2.24, 2.45) is 5.41 Å². The van der Waals surface area contributed by atoms with Gasteiger partial charge in [0.05, 0.1) is 12.3 Å². The number of hydrogen-bond donors (Lipinski definition) is 1. The van der Waals surface area contributed by atoms with E-state index in [-0.39, 0.29) is 0 Å². The molecule has 15 heavy (non-hydrogen) atoms. The first-order valence-corrected chi connectivity index (χ1v) is 5.38. The van der Waals surface area contributed by atoms with E-state index in [1.165, 1.54) is 0 Å². The molecular formula is C13H21NO. The predicted molar refractivity (Wildman–Crippen MR) is 65.2 cm³/mol. The summed E-state index contributed by atoms with van der Waals surface area (Å²) in [7, 11) is 0. The molecule has 0 unspecified atom stereocenters. The van der Waals surface area contributed by atoms with Crippen molar-refractivity contribution in [2.45, 2.75) is 34.1 Å². The highest BCUT2D eigenvalue weighted by Gasteiger charge is 2.11. The SMILES string of the molecule is Cc1cccc(N)c1OCCC(C)(C)C. The Bertz CT molecular complexity index is 306. The minimum Gasteiger partial charge on any atom is -0.491 e. The van der Waals surface area contributed by atoms with Gasteiger partial charge in [0.15, 0.2) is 0 Å². The Kier molecular flexibility index (Phi) is 3.61. The molecule has 2 N–H and O–H groups in total. The molecule has 0 bridgehead atoms. The van der Waals surface area contributed by atoms with Crippen LogP contribution in [-0.2, 0) is 0 Å². The van der Waals surface area contributed by atoms with Crippen LogP contribution in [0.3, 0.4) is 0 Å². The molecule has 0 aliphatic rings. The summed E-state index contributed by atoms with van der Waals surface area (Å²) >= 11 is 0. The Hall–Kier alpha value is -1.18. The largest absolute Gasteiger partial charge is 0.491 e. The highest BCUT2D eigenvalue weighted by molar-refractivity contribution is 5.56. The molecule has 1 rings (SSSR count). The second-order valence-electron chi connectivity index (χ2n) is 5.15. The zero-order valence-electron chi connectivity index (χ0n) is 10.1. The van der Waals surface area contributed by atoms with Crippen LogP contribution in [0.5, 0.6) is 5.75 Å². The fraction of sp³-hybridized carbons (Fsp3) is 0.538. The number of para-hydroxylation sites is 1. The Morgan fingerprint density at radius 2 is 1.93 bits per heavy atom. The monoisotopic (exact) mass is 207 g/mol. The number of ether oxygens (including phenoxy) is 1. The molecule has 0 aliphatic heterocycles. The normalized spacial score (nSPS) is 11.5. The number of rotatable bonds is 3. The first-order valence-electron chi connectivity index (χ1n) is 5.38. The standard InChI is InChI=1S/C13H21NO/c1-10-6-5-7-11(14)12(10)15-9-8-13(2,3)4/h5-7H,8-9,14H2,1-4H3. The zero-order chi connectivity index (χ0) is 11.5. The lowest BCUT2D eigenvalue weighted by Gasteiger charge is -2.19. The number of benzene rings is 1. The van der Waals surface area contributed by atoms with Gasteiger partial charge in [-0.1, -0.05) is 32.9 Å². The molecule has 0 aromatic heterocycles. The maximum absolute atomic E-state index is 5.85. The van der Waals surface area contributed by atoms with Crippen molar-refractivity contribution in [1.82, 2.24) is 0 Å². The van der Waals surface area contributed by atoms with Crippen molar-refractivity contribution >= 4 is 5.69 Å². The minimum absolute atomic E-state index is 0.303. The van der Waals surface area contributed by atoms with Gasteiger partial charge in [0.2, 0.25) is 0 Å². The summed E-state index contributed by atoms with van der Waals surface area (Å²) < 4.78 is 5.72. The molecule has 0 saturated carbocycles. The van der Waals surface area contributed by atoms with Crippen molar-refractivity contribution in [2.75, 3.05) is 12.3 Å². The van der Waals surface area contributed by atoms with Crippen LogP contribution in [-0.4, -0.2) is 6.61 Å². The molecule has 1 aromatic rings. The number of aryl methyl sites for hydroxylation is 1. The fourth-order valence-corrected chi connectivity index (χ4v) is 1.33. The molecule has 2 nitrogen and oxygen atoms in total. The minimum atomic E-state index is 0.303. The summed E-state index contributed by atoms with van der Waals surface area (Å²) in [5.41, 5.74) is 7.98. The first-order chi connectivity index (χ1) is 6.90. The van der Waals surface area contributed by atoms with Gasteiger partial charge in [-0.3, -0.25) is 0 Å². The van der Waals surface area contributed by atoms with Crippen molar-refractivity contribution in [3.05, 3.63) is 23.8 Å². The van der Waals surface area contributed by atoms with Crippen LogP contribution in [0.1, 0.15) is 32.8 Å². The van der Waals surface area contributed by atoms with Crippen molar-refractivity contribution in [3.8, 4) is 5.75 Å². The zero-order valence-corrected chi connectivity index (χ0v) is 10.1. The van der Waals surface area contributed by atoms with Gasteiger partial charge in [-0.2, -0.15) is 0 Å². The van der Waals surface area contributed by atoms with Gasteiger partial charge in [0.25, 0.3) is 0 Å². The Morgan fingerprint density at radius 3 is 2.47 bits per heavy atom. The molecule has 0 atom stereocenters. The van der Waals surface area contributed by atoms with Gasteiger partial charge >= 0.3 is 0 Å². The van der Waals surface area contributed by atoms with Gasteiger partial charge in [-0.15, -0.1) is 0 Å². The summed E-state index contributed by atoms with van der Waals surface area (Å²) in [6.07, 6.45) is 1.03. The molecule has 0 spiro atoms. The molecular weight excluding hydrogens is 186 g/mol. The van der Waals surface area contributed by atoms with Crippen LogP contribution < -0.4 is 10.5 Å². The van der Waals surface area contributed by atoms with E-state index < -0.39 is 0 Å². The molecule has 2 heteroatoms. The van der Waals surface area contributed by atoms with Crippen molar-refractivity contribution in [1.29, 1.82) is 0 Å². The molecule has 1 aromatic carbocycles. The fourth-order valence-electron chi connectivity index (χ4n) is 1.33. The Morgan fingerprint density at radius 1 is 1.27 bits per heavy atom. The second kappa shape index (κ2) is 4.56. The van der Waals surface area contributed by atoms with E-state index >= 15 is 0 Å². The van der Waals surface area contributed by atoms with E-state index in [1.54, 1.807) is 0 Å².